The lowest BCUT2D eigenvalue weighted by Crippen LogP contribution is -2.27. The van der Waals surface area contributed by atoms with Crippen LogP contribution in [0.1, 0.15) is 10.4 Å². The van der Waals surface area contributed by atoms with Crippen molar-refractivity contribution in [2.24, 2.45) is 0 Å². The highest BCUT2D eigenvalue weighted by molar-refractivity contribution is 5.80. The molecule has 1 aromatic heterocycles. The number of hydrogen-bond acceptors (Lipinski definition) is 4. The quantitative estimate of drug-likeness (QED) is 0.427. The van der Waals surface area contributed by atoms with Gasteiger partial charge in [0.05, 0.1) is 0 Å². The van der Waals surface area contributed by atoms with Crippen molar-refractivity contribution >= 4 is 12.1 Å². The summed E-state index contributed by atoms with van der Waals surface area (Å²) < 4.78 is 0. The lowest BCUT2D eigenvalue weighted by atomic mass is 10.3. The highest BCUT2D eigenvalue weighted by Crippen LogP contribution is 1.91. The summed E-state index contributed by atoms with van der Waals surface area (Å²) in [4.78, 5) is 35.2. The van der Waals surface area contributed by atoms with Crippen molar-refractivity contribution in [1.82, 2.24) is 9.97 Å². The zero-order chi connectivity index (χ0) is 8.43. The Morgan fingerprint density at radius 1 is 1.27 bits per heavy atom. The number of anilines is 1. The monoisotopic (exact) mass is 155 g/mol. The van der Waals surface area contributed by atoms with Crippen molar-refractivity contribution < 1.29 is 4.79 Å². The molecule has 0 radical (unpaired) electrons. The molecular weight excluding hydrogens is 150 g/mol. The van der Waals surface area contributed by atoms with Gasteiger partial charge in [-0.15, -0.1) is 0 Å². The minimum Gasteiger partial charge on any atom is -0.384 e. The Hall–Kier alpha value is -1.85. The van der Waals surface area contributed by atoms with Crippen molar-refractivity contribution in [2.45, 2.75) is 0 Å². The van der Waals surface area contributed by atoms with Crippen LogP contribution in [0.4, 0.5) is 5.82 Å². The van der Waals surface area contributed by atoms with Crippen molar-refractivity contribution in [3.8, 4) is 0 Å². The molecule has 0 atom stereocenters. The first-order chi connectivity index (χ1) is 5.15. The van der Waals surface area contributed by atoms with E-state index in [9.17, 15) is 14.4 Å². The summed E-state index contributed by atoms with van der Waals surface area (Å²) in [5.41, 5.74) is 3.37. The summed E-state index contributed by atoms with van der Waals surface area (Å²) in [5, 5.41) is 0. The van der Waals surface area contributed by atoms with Gasteiger partial charge < -0.3 is 5.73 Å². The fourth-order valence-electron chi connectivity index (χ4n) is 0.631. The topological polar surface area (TPSA) is 109 Å². The molecule has 6 heteroatoms. The molecule has 4 N–H and O–H groups in total. The maximum atomic E-state index is 10.7. The van der Waals surface area contributed by atoms with E-state index in [0.717, 1.165) is 0 Å². The number of aromatic nitrogens is 2. The summed E-state index contributed by atoms with van der Waals surface area (Å²) in [6, 6.07) is 0. The predicted octanol–water partition coefficient (Wildman–Crippen LogP) is -1.54. The Morgan fingerprint density at radius 2 is 1.91 bits per heavy atom. The zero-order valence-electron chi connectivity index (χ0n) is 5.38. The molecule has 0 unspecified atom stereocenters. The average Bonchev–Trinajstić information content (AvgIpc) is 1.85. The van der Waals surface area contributed by atoms with Gasteiger partial charge in [-0.3, -0.25) is 19.6 Å². The fourth-order valence-corrected chi connectivity index (χ4v) is 0.631. The number of aldehydes is 1. The van der Waals surface area contributed by atoms with Crippen LogP contribution in [0, 0.1) is 0 Å². The van der Waals surface area contributed by atoms with Crippen LogP contribution in [0.5, 0.6) is 0 Å². The number of rotatable bonds is 1. The molecule has 0 bridgehead atoms. The molecule has 58 valence electrons. The lowest BCUT2D eigenvalue weighted by molar-refractivity contribution is 0.112. The number of carbonyl (C=O) groups excluding carboxylic acids is 1. The van der Waals surface area contributed by atoms with Crippen LogP contribution in [0.15, 0.2) is 9.59 Å². The van der Waals surface area contributed by atoms with Gasteiger partial charge in [-0.1, -0.05) is 0 Å². The van der Waals surface area contributed by atoms with Gasteiger partial charge in [-0.25, -0.2) is 4.79 Å². The van der Waals surface area contributed by atoms with Crippen molar-refractivity contribution in [1.29, 1.82) is 0 Å². The Morgan fingerprint density at radius 3 is 2.36 bits per heavy atom. The second-order valence-electron chi connectivity index (χ2n) is 1.85. The SMILES string of the molecule is Nc1[nH]c(=O)[nH]c(=O)c1C=O. The van der Waals surface area contributed by atoms with Crippen LogP contribution in [0.25, 0.3) is 0 Å². The van der Waals surface area contributed by atoms with E-state index in [2.05, 4.69) is 4.98 Å². The Balaban J connectivity index is 3.62. The van der Waals surface area contributed by atoms with E-state index in [0.29, 0.717) is 0 Å². The van der Waals surface area contributed by atoms with Crippen LogP contribution < -0.4 is 17.0 Å². The molecule has 0 aliphatic heterocycles. The second kappa shape index (κ2) is 2.41. The number of carbonyl (C=O) groups is 1. The molecule has 0 saturated heterocycles. The molecule has 6 nitrogen and oxygen atoms in total. The summed E-state index contributed by atoms with van der Waals surface area (Å²) >= 11 is 0. The van der Waals surface area contributed by atoms with Crippen LogP contribution in [-0.4, -0.2) is 16.3 Å². The van der Waals surface area contributed by atoms with Gasteiger partial charge in [0.2, 0.25) is 0 Å². The Kier molecular flexibility index (Phi) is 1.59. The van der Waals surface area contributed by atoms with E-state index in [-0.39, 0.29) is 17.7 Å². The zero-order valence-corrected chi connectivity index (χ0v) is 5.38. The van der Waals surface area contributed by atoms with E-state index < -0.39 is 11.2 Å². The number of H-pyrrole nitrogens is 2. The maximum absolute atomic E-state index is 10.7. The molecule has 0 aliphatic carbocycles. The molecule has 0 saturated carbocycles. The summed E-state index contributed by atoms with van der Waals surface area (Å²) in [5.74, 6) is -0.214. The third-order valence-electron chi connectivity index (χ3n) is 1.13. The average molecular weight is 155 g/mol. The van der Waals surface area contributed by atoms with E-state index in [1.54, 1.807) is 0 Å². The van der Waals surface area contributed by atoms with Crippen LogP contribution >= 0.6 is 0 Å². The van der Waals surface area contributed by atoms with Gasteiger partial charge in [0.15, 0.2) is 6.29 Å². The number of hydrogen-bond donors (Lipinski definition) is 3. The van der Waals surface area contributed by atoms with Gasteiger partial charge in [-0.05, 0) is 0 Å². The van der Waals surface area contributed by atoms with Gasteiger partial charge >= 0.3 is 5.69 Å². The third kappa shape index (κ3) is 1.18. The largest absolute Gasteiger partial charge is 0.384 e. The molecule has 0 spiro atoms. The van der Waals surface area contributed by atoms with Crippen LogP contribution in [0.2, 0.25) is 0 Å². The van der Waals surface area contributed by atoms with E-state index in [1.807, 2.05) is 4.98 Å². The predicted molar refractivity (Wildman–Crippen MR) is 37.5 cm³/mol. The van der Waals surface area contributed by atoms with E-state index >= 15 is 0 Å². The minimum atomic E-state index is -0.777. The number of nitrogens with two attached hydrogens (primary N) is 1. The third-order valence-corrected chi connectivity index (χ3v) is 1.13. The molecule has 1 rings (SSSR count). The Labute approximate surface area is 60.1 Å². The molecule has 0 aromatic carbocycles. The molecular formula is C5H5N3O3. The smallest absolute Gasteiger partial charge is 0.327 e. The van der Waals surface area contributed by atoms with Crippen LogP contribution in [-0.2, 0) is 0 Å². The first-order valence-electron chi connectivity index (χ1n) is 2.72. The van der Waals surface area contributed by atoms with Gasteiger partial charge in [-0.2, -0.15) is 0 Å². The second-order valence-corrected chi connectivity index (χ2v) is 1.85. The van der Waals surface area contributed by atoms with Crippen molar-refractivity contribution in [2.75, 3.05) is 5.73 Å². The lowest BCUT2D eigenvalue weighted by Gasteiger charge is -1.92. The number of aromatic amines is 2. The first-order valence-corrected chi connectivity index (χ1v) is 2.72. The van der Waals surface area contributed by atoms with Gasteiger partial charge in [0.25, 0.3) is 5.56 Å². The molecule has 11 heavy (non-hydrogen) atoms. The number of nitrogens with one attached hydrogen (secondary N) is 2. The maximum Gasteiger partial charge on any atom is 0.327 e. The number of nitrogen functional groups attached to an aromatic ring is 1. The highest BCUT2D eigenvalue weighted by atomic mass is 16.2. The summed E-state index contributed by atoms with van der Waals surface area (Å²) in [7, 11) is 0. The molecule has 0 fully saturated rings. The molecule has 0 aliphatic rings. The van der Waals surface area contributed by atoms with Crippen LogP contribution in [0.3, 0.4) is 0 Å². The van der Waals surface area contributed by atoms with Crippen molar-refractivity contribution in [3.63, 3.8) is 0 Å². The van der Waals surface area contributed by atoms with Gasteiger partial charge in [0.1, 0.15) is 11.4 Å². The Bertz CT molecular complexity index is 389. The van der Waals surface area contributed by atoms with E-state index in [4.69, 9.17) is 5.73 Å². The molecule has 1 aromatic rings. The van der Waals surface area contributed by atoms with Gasteiger partial charge in [0, 0.05) is 0 Å². The molecule has 0 amide bonds. The molecule has 1 heterocycles. The highest BCUT2D eigenvalue weighted by Gasteiger charge is 2.03. The van der Waals surface area contributed by atoms with E-state index in [1.165, 1.54) is 0 Å². The van der Waals surface area contributed by atoms with Crippen molar-refractivity contribution in [3.05, 3.63) is 26.4 Å². The summed E-state index contributed by atoms with van der Waals surface area (Å²) in [6.07, 6.45) is 0.282. The first kappa shape index (κ1) is 7.26. The standard InChI is InChI=1S/C5H5N3O3/c6-3-2(1-9)4(10)8-5(11)7-3/h1H,(H4,6,7,8,10,11). The fraction of sp³-hybridized carbons (Fsp3) is 0. The summed E-state index contributed by atoms with van der Waals surface area (Å²) in [6.45, 7) is 0. The normalized spacial score (nSPS) is 9.45. The minimum absolute atomic E-state index is 0.214.